The molecule has 29 heavy (non-hydrogen) atoms. The Morgan fingerprint density at radius 2 is 1.83 bits per heavy atom. The van der Waals surface area contributed by atoms with Crippen molar-refractivity contribution >= 4 is 16.7 Å². The zero-order chi connectivity index (χ0) is 20.9. The molecule has 0 spiro atoms. The highest BCUT2D eigenvalue weighted by Gasteiger charge is 2.30. The molecule has 0 saturated carbocycles. The van der Waals surface area contributed by atoms with Crippen molar-refractivity contribution in [2.75, 3.05) is 6.54 Å². The van der Waals surface area contributed by atoms with Crippen molar-refractivity contribution in [3.8, 4) is 17.2 Å². The summed E-state index contributed by atoms with van der Waals surface area (Å²) in [5.74, 6) is -0.225. The number of benzene rings is 3. The van der Waals surface area contributed by atoms with Gasteiger partial charge in [0.2, 0.25) is 0 Å². The number of halogens is 3. The molecule has 3 nitrogen and oxygen atoms in total. The fraction of sp³-hybridized carbons (Fsp3) is 0.130. The number of amides is 1. The molecule has 1 N–H and O–H groups in total. The summed E-state index contributed by atoms with van der Waals surface area (Å²) in [6, 6.07) is 17.7. The molecular formula is C23H17F3N2O. The lowest BCUT2D eigenvalue weighted by molar-refractivity contribution is -0.137. The van der Waals surface area contributed by atoms with Gasteiger partial charge in [0.25, 0.3) is 5.91 Å². The first-order chi connectivity index (χ1) is 13.9. The maximum atomic E-state index is 12.8. The van der Waals surface area contributed by atoms with E-state index in [-0.39, 0.29) is 5.91 Å². The van der Waals surface area contributed by atoms with Gasteiger partial charge >= 0.3 is 6.18 Å². The number of carbonyl (C=O) groups is 1. The number of hydrogen-bond acceptors (Lipinski definition) is 2. The molecule has 0 saturated heterocycles. The summed E-state index contributed by atoms with van der Waals surface area (Å²) < 4.78 is 38.4. The Labute approximate surface area is 166 Å². The van der Waals surface area contributed by atoms with Crippen LogP contribution < -0.4 is 5.32 Å². The maximum absolute atomic E-state index is 12.8. The van der Waals surface area contributed by atoms with E-state index in [0.717, 1.165) is 28.5 Å². The van der Waals surface area contributed by atoms with Crippen LogP contribution in [0.5, 0.6) is 0 Å². The summed E-state index contributed by atoms with van der Waals surface area (Å²) >= 11 is 0. The average Bonchev–Trinajstić information content (AvgIpc) is 2.72. The molecule has 6 heteroatoms. The van der Waals surface area contributed by atoms with Crippen molar-refractivity contribution in [3.05, 3.63) is 83.9 Å². The van der Waals surface area contributed by atoms with E-state index < -0.39 is 11.7 Å². The van der Waals surface area contributed by atoms with Crippen LogP contribution in [-0.4, -0.2) is 12.5 Å². The number of nitrogens with zero attached hydrogens (tertiary/aromatic N) is 1. The number of fused-ring (bicyclic) bond motifs is 1. The predicted octanol–water partition coefficient (Wildman–Crippen LogP) is 5.73. The first-order valence-electron chi connectivity index (χ1n) is 8.93. The van der Waals surface area contributed by atoms with Gasteiger partial charge in [-0.3, -0.25) is 4.79 Å². The Bertz CT molecular complexity index is 1090. The first-order valence-corrected chi connectivity index (χ1v) is 8.93. The molecule has 0 heterocycles. The predicted molar refractivity (Wildman–Crippen MR) is 106 cm³/mol. The van der Waals surface area contributed by atoms with E-state index in [1.165, 1.54) is 18.2 Å². The van der Waals surface area contributed by atoms with Gasteiger partial charge in [0.05, 0.1) is 11.6 Å². The Hall–Kier alpha value is -3.59. The molecule has 0 aliphatic heterocycles. The van der Waals surface area contributed by atoms with Crippen molar-refractivity contribution in [2.45, 2.75) is 12.6 Å². The zero-order valence-electron chi connectivity index (χ0n) is 15.3. The maximum Gasteiger partial charge on any atom is 0.416 e. The summed E-state index contributed by atoms with van der Waals surface area (Å²) in [5.41, 5.74) is 1.27. The van der Waals surface area contributed by atoms with E-state index in [0.29, 0.717) is 24.1 Å². The lowest BCUT2D eigenvalue weighted by Gasteiger charge is -2.11. The van der Waals surface area contributed by atoms with Gasteiger partial charge in [-0.2, -0.15) is 18.4 Å². The third-order valence-electron chi connectivity index (χ3n) is 4.45. The highest BCUT2D eigenvalue weighted by atomic mass is 19.4. The Balaban J connectivity index is 1.84. The van der Waals surface area contributed by atoms with Crippen LogP contribution in [-0.2, 0) is 6.18 Å². The van der Waals surface area contributed by atoms with Crippen LogP contribution in [0.3, 0.4) is 0 Å². The van der Waals surface area contributed by atoms with Crippen LogP contribution in [0, 0.1) is 11.3 Å². The van der Waals surface area contributed by atoms with Crippen molar-refractivity contribution in [3.63, 3.8) is 0 Å². The second-order valence-electron chi connectivity index (χ2n) is 6.39. The molecule has 0 aliphatic carbocycles. The molecule has 0 radical (unpaired) electrons. The molecule has 3 aromatic rings. The number of rotatable bonds is 5. The topological polar surface area (TPSA) is 52.9 Å². The van der Waals surface area contributed by atoms with Crippen LogP contribution in [0.1, 0.15) is 22.3 Å². The molecule has 0 fully saturated rings. The Morgan fingerprint density at radius 3 is 2.52 bits per heavy atom. The van der Waals surface area contributed by atoms with Gasteiger partial charge in [0.15, 0.2) is 0 Å². The van der Waals surface area contributed by atoms with E-state index in [2.05, 4.69) is 5.32 Å². The standard InChI is InChI=1S/C23H17F3N2O/c24-23(25,26)19-10-7-16(8-11-19)20-6-4-5-17-15-18(9-12-21(17)20)22(29)28-14-3-1-2-13-27/h1-2,4-12,15H,3,14H2,(H,28,29)/b2-1-. The fourth-order valence-corrected chi connectivity index (χ4v) is 3.02. The van der Waals surface area contributed by atoms with Gasteiger partial charge < -0.3 is 5.32 Å². The summed E-state index contributed by atoms with van der Waals surface area (Å²) in [5, 5.41) is 12.9. The minimum atomic E-state index is -4.37. The van der Waals surface area contributed by atoms with Gasteiger partial charge in [-0.1, -0.05) is 42.5 Å². The monoisotopic (exact) mass is 394 g/mol. The van der Waals surface area contributed by atoms with Crippen LogP contribution in [0.4, 0.5) is 13.2 Å². The Morgan fingerprint density at radius 1 is 1.07 bits per heavy atom. The van der Waals surface area contributed by atoms with Crippen LogP contribution >= 0.6 is 0 Å². The minimum Gasteiger partial charge on any atom is -0.352 e. The Kier molecular flexibility index (Phi) is 5.99. The molecule has 0 unspecified atom stereocenters. The van der Waals surface area contributed by atoms with E-state index in [1.54, 1.807) is 24.3 Å². The normalized spacial score (nSPS) is 11.5. The van der Waals surface area contributed by atoms with Gasteiger partial charge in [0, 0.05) is 18.2 Å². The first kappa shape index (κ1) is 20.2. The third kappa shape index (κ3) is 4.82. The van der Waals surface area contributed by atoms with Crippen LogP contribution in [0.25, 0.3) is 21.9 Å². The van der Waals surface area contributed by atoms with E-state index >= 15 is 0 Å². The lowest BCUT2D eigenvalue weighted by atomic mass is 9.96. The lowest BCUT2D eigenvalue weighted by Crippen LogP contribution is -2.24. The quantitative estimate of drug-likeness (QED) is 0.444. The van der Waals surface area contributed by atoms with Crippen LogP contribution in [0.2, 0.25) is 0 Å². The largest absolute Gasteiger partial charge is 0.416 e. The molecule has 0 aromatic heterocycles. The summed E-state index contributed by atoms with van der Waals surface area (Å²) in [7, 11) is 0. The summed E-state index contributed by atoms with van der Waals surface area (Å²) in [4.78, 5) is 12.3. The highest BCUT2D eigenvalue weighted by Crippen LogP contribution is 2.33. The molecule has 3 aromatic carbocycles. The van der Waals surface area contributed by atoms with E-state index in [4.69, 9.17) is 5.26 Å². The SMILES string of the molecule is N#C/C=C\CCNC(=O)c1ccc2c(-c3ccc(C(F)(F)F)cc3)cccc2c1. The highest BCUT2D eigenvalue weighted by molar-refractivity contribution is 6.02. The molecular weight excluding hydrogens is 377 g/mol. The molecule has 0 aliphatic rings. The fourth-order valence-electron chi connectivity index (χ4n) is 3.02. The number of allylic oxidation sites excluding steroid dienone is 1. The van der Waals surface area contributed by atoms with E-state index in [9.17, 15) is 18.0 Å². The summed E-state index contributed by atoms with van der Waals surface area (Å²) in [6.07, 6.45) is -0.767. The van der Waals surface area contributed by atoms with Gasteiger partial charge in [-0.05, 0) is 52.6 Å². The second kappa shape index (κ2) is 8.61. The van der Waals surface area contributed by atoms with Crippen molar-refractivity contribution in [2.24, 2.45) is 0 Å². The molecule has 0 bridgehead atoms. The minimum absolute atomic E-state index is 0.225. The van der Waals surface area contributed by atoms with Crippen molar-refractivity contribution in [1.29, 1.82) is 5.26 Å². The van der Waals surface area contributed by atoms with Gasteiger partial charge in [-0.15, -0.1) is 0 Å². The average molecular weight is 394 g/mol. The third-order valence-corrected chi connectivity index (χ3v) is 4.45. The van der Waals surface area contributed by atoms with Crippen LogP contribution in [0.15, 0.2) is 72.8 Å². The van der Waals surface area contributed by atoms with Gasteiger partial charge in [-0.25, -0.2) is 0 Å². The molecule has 1 amide bonds. The molecule has 3 rings (SSSR count). The summed E-state index contributed by atoms with van der Waals surface area (Å²) in [6.45, 7) is 0.417. The number of nitriles is 1. The van der Waals surface area contributed by atoms with E-state index in [1.807, 2.05) is 24.3 Å². The van der Waals surface area contributed by atoms with Gasteiger partial charge in [0.1, 0.15) is 0 Å². The van der Waals surface area contributed by atoms with Crippen molar-refractivity contribution in [1.82, 2.24) is 5.32 Å². The number of alkyl halides is 3. The zero-order valence-corrected chi connectivity index (χ0v) is 15.3. The molecule has 0 atom stereocenters. The number of nitrogens with one attached hydrogen (secondary N) is 1. The molecule has 146 valence electrons. The smallest absolute Gasteiger partial charge is 0.352 e. The number of carbonyl (C=O) groups excluding carboxylic acids is 1. The second-order valence-corrected chi connectivity index (χ2v) is 6.39. The van der Waals surface area contributed by atoms with Crippen molar-refractivity contribution < 1.29 is 18.0 Å². The number of hydrogen-bond donors (Lipinski definition) is 1.